The second kappa shape index (κ2) is 2.57. The molecule has 0 atom stereocenters. The minimum absolute atomic E-state index is 0.728. The molecule has 57 valence electrons. The lowest BCUT2D eigenvalue weighted by atomic mass is 10.1. The highest BCUT2D eigenvalue weighted by Crippen LogP contribution is 2.43. The first-order chi connectivity index (χ1) is 5.42. The highest BCUT2D eigenvalue weighted by molar-refractivity contribution is 5.37. The molecule has 1 radical (unpaired) electrons. The Kier molecular flexibility index (Phi) is 1.57. The molecule has 1 fully saturated rings. The van der Waals surface area contributed by atoms with Crippen LogP contribution in [0.1, 0.15) is 24.3 Å². The van der Waals surface area contributed by atoms with Gasteiger partial charge in [0.15, 0.2) is 0 Å². The second-order valence-corrected chi connectivity index (χ2v) is 2.93. The summed E-state index contributed by atoms with van der Waals surface area (Å²) in [6, 6.07) is 9.15. The maximum absolute atomic E-state index is 5.22. The molecule has 0 aromatic heterocycles. The van der Waals surface area contributed by atoms with Crippen LogP contribution in [-0.2, 0) is 0 Å². The first kappa shape index (κ1) is 6.71. The number of benzene rings is 1. The molecule has 11 heavy (non-hydrogen) atoms. The molecule has 0 unspecified atom stereocenters. The molecular weight excluding hydrogens is 136 g/mol. The molecular formula is C10H11O. The molecule has 1 aliphatic carbocycles. The van der Waals surface area contributed by atoms with Crippen molar-refractivity contribution in [3.8, 4) is 5.75 Å². The van der Waals surface area contributed by atoms with Gasteiger partial charge in [-0.2, -0.15) is 0 Å². The molecule has 1 aromatic rings. The van der Waals surface area contributed by atoms with E-state index in [1.165, 1.54) is 18.4 Å². The number of rotatable bonds is 2. The molecule has 0 spiro atoms. The third kappa shape index (κ3) is 1.23. The van der Waals surface area contributed by atoms with Gasteiger partial charge in [-0.3, -0.25) is 0 Å². The van der Waals surface area contributed by atoms with Crippen molar-refractivity contribution in [2.45, 2.75) is 18.8 Å². The second-order valence-electron chi connectivity index (χ2n) is 2.93. The summed E-state index contributed by atoms with van der Waals surface area (Å²) >= 11 is 0. The van der Waals surface area contributed by atoms with Crippen LogP contribution in [0.25, 0.3) is 0 Å². The van der Waals surface area contributed by atoms with E-state index in [9.17, 15) is 0 Å². The quantitative estimate of drug-likeness (QED) is 0.624. The highest BCUT2D eigenvalue weighted by atomic mass is 16.5. The van der Waals surface area contributed by atoms with Crippen LogP contribution in [0, 0.1) is 6.07 Å². The topological polar surface area (TPSA) is 9.23 Å². The van der Waals surface area contributed by atoms with Crippen molar-refractivity contribution in [2.75, 3.05) is 7.11 Å². The fraction of sp³-hybridized carbons (Fsp3) is 0.400. The van der Waals surface area contributed by atoms with E-state index in [0.717, 1.165) is 11.7 Å². The standard InChI is InChI=1S/C10H11O/c1-11-10-5-3-2-4-9(10)8-6-7-8/h2-3,5,8H,6-7H2,1H3. The summed E-state index contributed by atoms with van der Waals surface area (Å²) in [6.45, 7) is 0. The van der Waals surface area contributed by atoms with Gasteiger partial charge in [-0.05, 0) is 30.9 Å². The largest absolute Gasteiger partial charge is 0.496 e. The molecule has 0 N–H and O–H groups in total. The van der Waals surface area contributed by atoms with E-state index in [2.05, 4.69) is 6.07 Å². The van der Waals surface area contributed by atoms with Crippen LogP contribution >= 0.6 is 0 Å². The molecule has 0 bridgehead atoms. The monoisotopic (exact) mass is 147 g/mol. The fourth-order valence-corrected chi connectivity index (χ4v) is 1.30. The van der Waals surface area contributed by atoms with E-state index in [-0.39, 0.29) is 0 Å². The van der Waals surface area contributed by atoms with Gasteiger partial charge in [0.05, 0.1) is 7.11 Å². The van der Waals surface area contributed by atoms with Gasteiger partial charge in [0, 0.05) is 5.56 Å². The Morgan fingerprint density at radius 2 is 2.36 bits per heavy atom. The van der Waals surface area contributed by atoms with Crippen molar-refractivity contribution in [2.24, 2.45) is 0 Å². The smallest absolute Gasteiger partial charge is 0.122 e. The molecule has 1 aromatic carbocycles. The predicted octanol–water partition coefficient (Wildman–Crippen LogP) is 2.37. The van der Waals surface area contributed by atoms with Crippen LogP contribution in [-0.4, -0.2) is 7.11 Å². The summed E-state index contributed by atoms with van der Waals surface area (Å²) in [4.78, 5) is 0. The van der Waals surface area contributed by atoms with Crippen LogP contribution in [0.4, 0.5) is 0 Å². The third-order valence-electron chi connectivity index (χ3n) is 2.05. The summed E-state index contributed by atoms with van der Waals surface area (Å²) in [6.07, 6.45) is 2.60. The zero-order valence-corrected chi connectivity index (χ0v) is 6.63. The summed E-state index contributed by atoms with van der Waals surface area (Å²) in [5.74, 6) is 1.72. The zero-order chi connectivity index (χ0) is 7.68. The van der Waals surface area contributed by atoms with Crippen LogP contribution in [0.3, 0.4) is 0 Å². The minimum atomic E-state index is 0.728. The molecule has 1 heteroatoms. The summed E-state index contributed by atoms with van der Waals surface area (Å²) in [5.41, 5.74) is 1.26. The van der Waals surface area contributed by atoms with E-state index in [4.69, 9.17) is 4.74 Å². The number of hydrogen-bond donors (Lipinski definition) is 0. The number of hydrogen-bond acceptors (Lipinski definition) is 1. The zero-order valence-electron chi connectivity index (χ0n) is 6.63. The van der Waals surface area contributed by atoms with Gasteiger partial charge in [-0.25, -0.2) is 0 Å². The van der Waals surface area contributed by atoms with E-state index in [1.54, 1.807) is 7.11 Å². The van der Waals surface area contributed by atoms with Crippen molar-refractivity contribution in [3.05, 3.63) is 29.8 Å². The first-order valence-electron chi connectivity index (χ1n) is 3.96. The van der Waals surface area contributed by atoms with E-state index in [1.807, 2.05) is 18.2 Å². The maximum Gasteiger partial charge on any atom is 0.122 e. The Hall–Kier alpha value is -0.980. The van der Waals surface area contributed by atoms with Crippen molar-refractivity contribution in [3.63, 3.8) is 0 Å². The normalized spacial score (nSPS) is 16.5. The molecule has 1 nitrogen and oxygen atoms in total. The van der Waals surface area contributed by atoms with Gasteiger partial charge in [-0.1, -0.05) is 12.1 Å². The van der Waals surface area contributed by atoms with Gasteiger partial charge >= 0.3 is 0 Å². The Balaban J connectivity index is 2.34. The number of methoxy groups -OCH3 is 1. The molecule has 1 aliphatic rings. The van der Waals surface area contributed by atoms with Gasteiger partial charge in [0.2, 0.25) is 0 Å². The minimum Gasteiger partial charge on any atom is -0.496 e. The number of ether oxygens (including phenoxy) is 1. The third-order valence-corrected chi connectivity index (χ3v) is 2.05. The van der Waals surface area contributed by atoms with Crippen molar-refractivity contribution in [1.29, 1.82) is 0 Å². The lowest BCUT2D eigenvalue weighted by Gasteiger charge is -2.04. The molecule has 0 amide bonds. The average molecular weight is 147 g/mol. The summed E-state index contributed by atoms with van der Waals surface area (Å²) in [5, 5.41) is 0. The SMILES string of the molecule is COc1ccc[c]c1C1CC1. The molecule has 0 aliphatic heterocycles. The Labute approximate surface area is 67.0 Å². The van der Waals surface area contributed by atoms with Crippen molar-refractivity contribution < 1.29 is 4.74 Å². The van der Waals surface area contributed by atoms with E-state index in [0.29, 0.717) is 0 Å². The Morgan fingerprint density at radius 3 is 3.00 bits per heavy atom. The van der Waals surface area contributed by atoms with Gasteiger partial charge in [-0.15, -0.1) is 0 Å². The molecule has 2 rings (SSSR count). The van der Waals surface area contributed by atoms with Crippen molar-refractivity contribution >= 4 is 0 Å². The molecule has 0 heterocycles. The predicted molar refractivity (Wildman–Crippen MR) is 43.8 cm³/mol. The van der Waals surface area contributed by atoms with Crippen LogP contribution in [0.15, 0.2) is 18.2 Å². The van der Waals surface area contributed by atoms with Gasteiger partial charge < -0.3 is 4.74 Å². The van der Waals surface area contributed by atoms with Gasteiger partial charge in [0.1, 0.15) is 5.75 Å². The Morgan fingerprint density at radius 1 is 1.55 bits per heavy atom. The first-order valence-corrected chi connectivity index (χ1v) is 3.96. The van der Waals surface area contributed by atoms with Crippen LogP contribution in [0.5, 0.6) is 5.75 Å². The fourth-order valence-electron chi connectivity index (χ4n) is 1.30. The Bertz CT molecular complexity index is 251. The van der Waals surface area contributed by atoms with Crippen molar-refractivity contribution in [1.82, 2.24) is 0 Å². The highest BCUT2D eigenvalue weighted by Gasteiger charge is 2.26. The van der Waals surface area contributed by atoms with Crippen LogP contribution in [0.2, 0.25) is 0 Å². The van der Waals surface area contributed by atoms with Gasteiger partial charge in [0.25, 0.3) is 0 Å². The summed E-state index contributed by atoms with van der Waals surface area (Å²) in [7, 11) is 1.72. The molecule has 0 saturated heterocycles. The lowest BCUT2D eigenvalue weighted by Crippen LogP contribution is -1.88. The lowest BCUT2D eigenvalue weighted by molar-refractivity contribution is 0.409. The average Bonchev–Trinajstić information content (AvgIpc) is 2.87. The summed E-state index contributed by atoms with van der Waals surface area (Å²) < 4.78 is 5.22. The van der Waals surface area contributed by atoms with Crippen LogP contribution < -0.4 is 4.74 Å². The van der Waals surface area contributed by atoms with E-state index < -0.39 is 0 Å². The maximum atomic E-state index is 5.22. The van der Waals surface area contributed by atoms with E-state index >= 15 is 0 Å². The molecule has 1 saturated carbocycles.